The van der Waals surface area contributed by atoms with Crippen LogP contribution in [0.2, 0.25) is 0 Å². The van der Waals surface area contributed by atoms with Crippen molar-refractivity contribution in [2.24, 2.45) is 0 Å². The molecular weight excluding hydrogens is 354 g/mol. The van der Waals surface area contributed by atoms with Crippen molar-refractivity contribution >= 4 is 28.6 Å². The molecule has 1 aromatic carbocycles. The van der Waals surface area contributed by atoms with Crippen molar-refractivity contribution in [1.29, 1.82) is 0 Å². The SMILES string of the molecule is CN(C)[C@@H]1CCN(c2ccc(N3CCc4cc(C5CC5)sc4C3=O)cc2)C1. The monoisotopic (exact) mass is 381 g/mol. The van der Waals surface area contributed by atoms with Gasteiger partial charge in [-0.25, -0.2) is 0 Å². The fourth-order valence-corrected chi connectivity index (χ4v) is 5.66. The molecule has 1 atom stereocenters. The number of hydrogen-bond acceptors (Lipinski definition) is 4. The van der Waals surface area contributed by atoms with Gasteiger partial charge in [0.2, 0.25) is 0 Å². The molecule has 1 aromatic heterocycles. The van der Waals surface area contributed by atoms with E-state index in [4.69, 9.17) is 0 Å². The maximum absolute atomic E-state index is 13.1. The van der Waals surface area contributed by atoms with E-state index in [1.807, 2.05) is 4.90 Å². The number of anilines is 2. The zero-order valence-electron chi connectivity index (χ0n) is 16.1. The number of benzene rings is 1. The molecule has 142 valence electrons. The highest BCUT2D eigenvalue weighted by molar-refractivity contribution is 7.14. The van der Waals surface area contributed by atoms with Crippen molar-refractivity contribution in [3.05, 3.63) is 45.6 Å². The second-order valence-electron chi connectivity index (χ2n) is 8.35. The molecule has 4 nitrogen and oxygen atoms in total. The third kappa shape index (κ3) is 3.17. The molecular formula is C22H27N3OS. The van der Waals surface area contributed by atoms with Gasteiger partial charge in [-0.05, 0) is 81.6 Å². The number of thiophene rings is 1. The Labute approximate surface area is 165 Å². The third-order valence-corrected chi connectivity index (χ3v) is 7.60. The van der Waals surface area contributed by atoms with E-state index in [0.29, 0.717) is 6.04 Å². The van der Waals surface area contributed by atoms with Crippen molar-refractivity contribution in [3.63, 3.8) is 0 Å². The molecule has 1 saturated heterocycles. The zero-order chi connectivity index (χ0) is 18.5. The van der Waals surface area contributed by atoms with Crippen LogP contribution in [0.4, 0.5) is 11.4 Å². The second kappa shape index (κ2) is 6.64. The maximum atomic E-state index is 13.1. The smallest absolute Gasteiger partial charge is 0.268 e. The first-order valence-corrected chi connectivity index (χ1v) is 10.9. The molecule has 2 fully saturated rings. The first-order chi connectivity index (χ1) is 13.1. The Morgan fingerprint density at radius 1 is 1.04 bits per heavy atom. The Hall–Kier alpha value is -1.85. The van der Waals surface area contributed by atoms with Crippen molar-refractivity contribution in [2.45, 2.75) is 37.6 Å². The molecule has 0 bridgehead atoms. The minimum Gasteiger partial charge on any atom is -0.370 e. The van der Waals surface area contributed by atoms with Crippen LogP contribution in [0.3, 0.4) is 0 Å². The van der Waals surface area contributed by atoms with Crippen LogP contribution in [0.25, 0.3) is 0 Å². The van der Waals surface area contributed by atoms with E-state index in [0.717, 1.165) is 42.5 Å². The average molecular weight is 382 g/mol. The van der Waals surface area contributed by atoms with E-state index < -0.39 is 0 Å². The molecule has 1 amide bonds. The van der Waals surface area contributed by atoms with Crippen molar-refractivity contribution < 1.29 is 4.79 Å². The average Bonchev–Trinajstić information content (AvgIpc) is 3.23. The number of nitrogens with zero attached hydrogens (tertiary/aromatic N) is 3. The number of carbonyl (C=O) groups is 1. The summed E-state index contributed by atoms with van der Waals surface area (Å²) in [5, 5.41) is 0. The molecule has 5 rings (SSSR count). The fraction of sp³-hybridized carbons (Fsp3) is 0.500. The Kier molecular flexibility index (Phi) is 4.25. The van der Waals surface area contributed by atoms with Crippen LogP contribution in [0.5, 0.6) is 0 Å². The Bertz CT molecular complexity index is 853. The molecule has 5 heteroatoms. The Morgan fingerprint density at radius 2 is 1.78 bits per heavy atom. The second-order valence-corrected chi connectivity index (χ2v) is 9.44. The van der Waals surface area contributed by atoms with E-state index in [2.05, 4.69) is 54.2 Å². The molecule has 0 N–H and O–H groups in total. The first kappa shape index (κ1) is 17.3. The minimum absolute atomic E-state index is 0.190. The van der Waals surface area contributed by atoms with Crippen LogP contribution in [0.15, 0.2) is 30.3 Å². The fourth-order valence-electron chi connectivity index (χ4n) is 4.33. The maximum Gasteiger partial charge on any atom is 0.268 e. The highest BCUT2D eigenvalue weighted by Crippen LogP contribution is 2.45. The lowest BCUT2D eigenvalue weighted by molar-refractivity contribution is 0.0985. The van der Waals surface area contributed by atoms with Gasteiger partial charge < -0.3 is 14.7 Å². The minimum atomic E-state index is 0.190. The largest absolute Gasteiger partial charge is 0.370 e. The van der Waals surface area contributed by atoms with E-state index in [-0.39, 0.29) is 5.91 Å². The summed E-state index contributed by atoms with van der Waals surface area (Å²) in [5.41, 5.74) is 3.56. The van der Waals surface area contributed by atoms with Gasteiger partial charge in [-0.1, -0.05) is 0 Å². The van der Waals surface area contributed by atoms with Crippen LogP contribution in [0, 0.1) is 0 Å². The van der Waals surface area contributed by atoms with Gasteiger partial charge in [-0.15, -0.1) is 11.3 Å². The predicted molar refractivity (Wildman–Crippen MR) is 112 cm³/mol. The quantitative estimate of drug-likeness (QED) is 0.802. The zero-order valence-corrected chi connectivity index (χ0v) is 17.0. The molecule has 0 radical (unpaired) electrons. The van der Waals surface area contributed by atoms with Gasteiger partial charge in [-0.3, -0.25) is 4.79 Å². The lowest BCUT2D eigenvalue weighted by atomic mass is 10.1. The van der Waals surface area contributed by atoms with Crippen LogP contribution in [-0.2, 0) is 6.42 Å². The van der Waals surface area contributed by atoms with Gasteiger partial charge in [0.05, 0.1) is 4.88 Å². The van der Waals surface area contributed by atoms with Crippen molar-refractivity contribution in [1.82, 2.24) is 4.90 Å². The number of carbonyl (C=O) groups excluding carboxylic acids is 1. The van der Waals surface area contributed by atoms with Gasteiger partial charge in [0, 0.05) is 41.9 Å². The van der Waals surface area contributed by atoms with Crippen molar-refractivity contribution in [3.8, 4) is 0 Å². The van der Waals surface area contributed by atoms with E-state index in [9.17, 15) is 4.79 Å². The highest BCUT2D eigenvalue weighted by atomic mass is 32.1. The molecule has 3 aliphatic rings. The Balaban J connectivity index is 1.32. The normalized spacial score (nSPS) is 22.6. The summed E-state index contributed by atoms with van der Waals surface area (Å²) in [6.45, 7) is 2.98. The molecule has 3 heterocycles. The summed E-state index contributed by atoms with van der Waals surface area (Å²) in [6, 6.07) is 11.5. The van der Waals surface area contributed by atoms with Gasteiger partial charge in [0.25, 0.3) is 5.91 Å². The van der Waals surface area contributed by atoms with Gasteiger partial charge in [0.1, 0.15) is 0 Å². The summed E-state index contributed by atoms with van der Waals surface area (Å²) in [5.74, 6) is 0.919. The molecule has 1 saturated carbocycles. The summed E-state index contributed by atoms with van der Waals surface area (Å²) in [7, 11) is 4.32. The van der Waals surface area contributed by atoms with Gasteiger partial charge in [0.15, 0.2) is 0 Å². The summed E-state index contributed by atoms with van der Waals surface area (Å²) >= 11 is 1.73. The Morgan fingerprint density at radius 3 is 2.44 bits per heavy atom. The van der Waals surface area contributed by atoms with Gasteiger partial charge >= 0.3 is 0 Å². The van der Waals surface area contributed by atoms with Gasteiger partial charge in [-0.2, -0.15) is 0 Å². The number of amides is 1. The van der Waals surface area contributed by atoms with E-state index >= 15 is 0 Å². The molecule has 2 aliphatic heterocycles. The number of hydrogen-bond donors (Lipinski definition) is 0. The van der Waals surface area contributed by atoms with E-state index in [1.165, 1.54) is 35.4 Å². The highest BCUT2D eigenvalue weighted by Gasteiger charge is 2.32. The predicted octanol–water partition coefficient (Wildman–Crippen LogP) is 3.97. The lowest BCUT2D eigenvalue weighted by Crippen LogP contribution is -2.36. The third-order valence-electron chi connectivity index (χ3n) is 6.27. The molecule has 0 unspecified atom stereocenters. The first-order valence-electron chi connectivity index (χ1n) is 10.1. The molecule has 2 aromatic rings. The summed E-state index contributed by atoms with van der Waals surface area (Å²) in [4.78, 5) is 22.2. The molecule has 1 aliphatic carbocycles. The number of rotatable bonds is 4. The summed E-state index contributed by atoms with van der Waals surface area (Å²) in [6.07, 6.45) is 4.78. The topological polar surface area (TPSA) is 26.8 Å². The molecule has 27 heavy (non-hydrogen) atoms. The summed E-state index contributed by atoms with van der Waals surface area (Å²) < 4.78 is 0. The van der Waals surface area contributed by atoms with Crippen molar-refractivity contribution in [2.75, 3.05) is 43.5 Å². The van der Waals surface area contributed by atoms with Crippen LogP contribution in [0.1, 0.15) is 45.3 Å². The van der Waals surface area contributed by atoms with Crippen LogP contribution >= 0.6 is 11.3 Å². The number of likely N-dealkylation sites (N-methyl/N-ethyl adjacent to an activating group) is 1. The van der Waals surface area contributed by atoms with E-state index in [1.54, 1.807) is 11.3 Å². The standard InChI is InChI=1S/C22H27N3OS/c1-23(2)19-10-11-24(14-19)17-5-7-18(8-6-17)25-12-9-16-13-20(15-3-4-15)27-21(16)22(25)26/h5-8,13,15,19H,3-4,9-12,14H2,1-2H3/t19-/m1/s1. The lowest BCUT2D eigenvalue weighted by Gasteiger charge is -2.27. The van der Waals surface area contributed by atoms with Crippen LogP contribution < -0.4 is 9.80 Å². The van der Waals surface area contributed by atoms with Crippen LogP contribution in [-0.4, -0.2) is 50.6 Å². The number of fused-ring (bicyclic) bond motifs is 1. The molecule has 0 spiro atoms.